The number of methoxy groups -OCH3 is 1. The van der Waals surface area contributed by atoms with Crippen molar-refractivity contribution in [2.24, 2.45) is 0 Å². The Hall–Kier alpha value is -3.57. The van der Waals surface area contributed by atoms with E-state index in [9.17, 15) is 14.7 Å². The summed E-state index contributed by atoms with van der Waals surface area (Å²) in [6, 6.07) is 19.3. The van der Waals surface area contributed by atoms with Crippen LogP contribution in [0.2, 0.25) is 5.02 Å². The van der Waals surface area contributed by atoms with Gasteiger partial charge in [0, 0.05) is 10.7 Å². The molecule has 36 heavy (non-hydrogen) atoms. The number of halogens is 1. The fourth-order valence-electron chi connectivity index (χ4n) is 4.51. The highest BCUT2D eigenvalue weighted by molar-refractivity contribution is 6.51. The van der Waals surface area contributed by atoms with Gasteiger partial charge in [0.1, 0.15) is 11.5 Å². The second-order valence-electron chi connectivity index (χ2n) is 9.58. The average molecular weight is 504 g/mol. The number of anilines is 1. The summed E-state index contributed by atoms with van der Waals surface area (Å²) < 4.78 is 5.41. The fraction of sp³-hybridized carbons (Fsp3) is 0.267. The predicted molar refractivity (Wildman–Crippen MR) is 144 cm³/mol. The minimum Gasteiger partial charge on any atom is -0.507 e. The number of rotatable bonds is 6. The lowest BCUT2D eigenvalue weighted by Crippen LogP contribution is -2.29. The van der Waals surface area contributed by atoms with E-state index >= 15 is 0 Å². The molecule has 0 radical (unpaired) electrons. The van der Waals surface area contributed by atoms with Crippen LogP contribution in [0.25, 0.3) is 5.76 Å². The number of hydrogen-bond acceptors (Lipinski definition) is 4. The smallest absolute Gasteiger partial charge is 0.300 e. The molecule has 4 rings (SSSR count). The molecule has 1 fully saturated rings. The summed E-state index contributed by atoms with van der Waals surface area (Å²) in [4.78, 5) is 28.3. The molecule has 0 aromatic heterocycles. The lowest BCUT2D eigenvalue weighted by Gasteiger charge is -2.26. The van der Waals surface area contributed by atoms with Crippen LogP contribution in [0, 0.1) is 0 Å². The van der Waals surface area contributed by atoms with E-state index in [1.165, 1.54) is 18.1 Å². The van der Waals surface area contributed by atoms with Gasteiger partial charge in [0.05, 0.1) is 24.3 Å². The van der Waals surface area contributed by atoms with Gasteiger partial charge in [-0.1, -0.05) is 75.7 Å². The molecule has 6 heteroatoms. The Morgan fingerprint density at radius 2 is 1.44 bits per heavy atom. The molecule has 3 aromatic carbocycles. The minimum atomic E-state index is -0.820. The van der Waals surface area contributed by atoms with Crippen LogP contribution < -0.4 is 9.64 Å². The van der Waals surface area contributed by atoms with Crippen LogP contribution in [0.5, 0.6) is 5.75 Å². The molecular weight excluding hydrogens is 474 g/mol. The van der Waals surface area contributed by atoms with Gasteiger partial charge in [-0.3, -0.25) is 14.5 Å². The average Bonchev–Trinajstić information content (AvgIpc) is 3.13. The van der Waals surface area contributed by atoms with Gasteiger partial charge in [0.25, 0.3) is 11.7 Å². The van der Waals surface area contributed by atoms with E-state index in [4.69, 9.17) is 16.3 Å². The molecule has 1 atom stereocenters. The van der Waals surface area contributed by atoms with Crippen LogP contribution >= 0.6 is 11.6 Å². The molecule has 0 saturated carbocycles. The predicted octanol–water partition coefficient (Wildman–Crippen LogP) is 7.22. The van der Waals surface area contributed by atoms with Crippen molar-refractivity contribution < 1.29 is 19.4 Å². The van der Waals surface area contributed by atoms with Crippen molar-refractivity contribution in [2.75, 3.05) is 12.0 Å². The van der Waals surface area contributed by atoms with Crippen LogP contribution in [-0.4, -0.2) is 23.9 Å². The lowest BCUT2D eigenvalue weighted by atomic mass is 9.92. The quantitative estimate of drug-likeness (QED) is 0.219. The van der Waals surface area contributed by atoms with E-state index in [2.05, 4.69) is 27.7 Å². The maximum absolute atomic E-state index is 13.4. The molecule has 1 saturated heterocycles. The summed E-state index contributed by atoms with van der Waals surface area (Å²) in [6.07, 6.45) is 0. The third-order valence-electron chi connectivity index (χ3n) is 6.62. The summed E-state index contributed by atoms with van der Waals surface area (Å²) in [5.41, 5.74) is 3.80. The van der Waals surface area contributed by atoms with Crippen molar-refractivity contribution >= 4 is 34.7 Å². The summed E-state index contributed by atoms with van der Waals surface area (Å²) in [5, 5.41) is 11.8. The van der Waals surface area contributed by atoms with Crippen LogP contribution in [0.1, 0.15) is 67.8 Å². The van der Waals surface area contributed by atoms with Gasteiger partial charge in [0.15, 0.2) is 0 Å². The number of amides is 1. The van der Waals surface area contributed by atoms with Crippen molar-refractivity contribution in [3.63, 3.8) is 0 Å². The second kappa shape index (κ2) is 10.2. The lowest BCUT2D eigenvalue weighted by molar-refractivity contribution is -0.132. The van der Waals surface area contributed by atoms with Gasteiger partial charge >= 0.3 is 0 Å². The first kappa shape index (κ1) is 25.5. The largest absolute Gasteiger partial charge is 0.507 e. The highest BCUT2D eigenvalue weighted by Gasteiger charge is 2.47. The molecule has 1 N–H and O–H groups in total. The van der Waals surface area contributed by atoms with Gasteiger partial charge in [-0.05, 0) is 58.9 Å². The molecule has 3 aromatic rings. The van der Waals surface area contributed by atoms with E-state index in [1.54, 1.807) is 12.1 Å². The Labute approximate surface area is 217 Å². The molecule has 186 valence electrons. The highest BCUT2D eigenvalue weighted by Crippen LogP contribution is 2.44. The molecule has 0 aliphatic carbocycles. The molecule has 1 aliphatic rings. The van der Waals surface area contributed by atoms with Gasteiger partial charge in [0.2, 0.25) is 0 Å². The molecule has 1 unspecified atom stereocenters. The van der Waals surface area contributed by atoms with Gasteiger partial charge in [-0.15, -0.1) is 0 Å². The van der Waals surface area contributed by atoms with Crippen molar-refractivity contribution in [1.29, 1.82) is 0 Å². The number of benzene rings is 3. The molecule has 5 nitrogen and oxygen atoms in total. The Kier molecular flexibility index (Phi) is 7.23. The maximum Gasteiger partial charge on any atom is 0.300 e. The van der Waals surface area contributed by atoms with Crippen LogP contribution in [0.3, 0.4) is 0 Å². The fourth-order valence-corrected chi connectivity index (χ4v) is 4.68. The topological polar surface area (TPSA) is 66.8 Å². The first-order valence-electron chi connectivity index (χ1n) is 12.0. The van der Waals surface area contributed by atoms with Gasteiger partial charge in [-0.2, -0.15) is 0 Å². The molecular formula is C30H30ClNO4. The number of carbonyl (C=O) groups excluding carboxylic acids is 2. The van der Waals surface area contributed by atoms with Crippen LogP contribution in [0.15, 0.2) is 72.3 Å². The third-order valence-corrected chi connectivity index (χ3v) is 6.85. The zero-order valence-corrected chi connectivity index (χ0v) is 21.8. The van der Waals surface area contributed by atoms with Crippen LogP contribution in [0.4, 0.5) is 5.69 Å². The van der Waals surface area contributed by atoms with E-state index in [1.807, 2.05) is 48.5 Å². The number of ketones is 1. The Morgan fingerprint density at radius 1 is 0.889 bits per heavy atom. The monoisotopic (exact) mass is 503 g/mol. The summed E-state index contributed by atoms with van der Waals surface area (Å²) in [5.74, 6) is -0.799. The summed E-state index contributed by atoms with van der Waals surface area (Å²) >= 11 is 6.20. The number of ether oxygens (including phenoxy) is 1. The molecule has 0 spiro atoms. The zero-order valence-electron chi connectivity index (χ0n) is 21.1. The van der Waals surface area contributed by atoms with Gasteiger partial charge < -0.3 is 9.84 Å². The first-order valence-corrected chi connectivity index (χ1v) is 12.4. The standard InChI is InChI=1S/C30H30ClNO4/c1-17(2)19-6-8-21(9-7-19)27-26(28(33)24-16-22(31)12-15-25(24)36-5)29(34)30(35)32(27)23-13-10-20(11-14-23)18(3)4/h6-18,27,33H,1-5H3/b28-26+. The summed E-state index contributed by atoms with van der Waals surface area (Å²) in [6.45, 7) is 8.39. The first-order chi connectivity index (χ1) is 17.1. The molecule has 1 amide bonds. The third kappa shape index (κ3) is 4.63. The van der Waals surface area contributed by atoms with Crippen molar-refractivity contribution in [1.82, 2.24) is 0 Å². The highest BCUT2D eigenvalue weighted by atomic mass is 35.5. The molecule has 1 aliphatic heterocycles. The number of Topliss-reactive ketones (excluding diaryl/α,β-unsaturated/α-hetero) is 1. The van der Waals surface area contributed by atoms with Gasteiger partial charge in [-0.25, -0.2) is 0 Å². The number of hydrogen-bond donors (Lipinski definition) is 1. The minimum absolute atomic E-state index is 0.00852. The van der Waals surface area contributed by atoms with Crippen molar-refractivity contribution in [3.05, 3.63) is 99.6 Å². The van der Waals surface area contributed by atoms with Crippen LogP contribution in [-0.2, 0) is 9.59 Å². The van der Waals surface area contributed by atoms with Crippen molar-refractivity contribution in [2.45, 2.75) is 45.6 Å². The van der Waals surface area contributed by atoms with E-state index in [0.29, 0.717) is 33.9 Å². The number of nitrogens with zero attached hydrogens (tertiary/aromatic N) is 1. The Balaban J connectivity index is 1.94. The van der Waals surface area contributed by atoms with E-state index in [0.717, 1.165) is 11.1 Å². The Bertz CT molecular complexity index is 1320. The molecule has 0 bridgehead atoms. The Morgan fingerprint density at radius 3 is 1.97 bits per heavy atom. The van der Waals surface area contributed by atoms with E-state index < -0.39 is 17.7 Å². The normalized spacial score (nSPS) is 17.3. The maximum atomic E-state index is 13.4. The summed E-state index contributed by atoms with van der Waals surface area (Å²) in [7, 11) is 1.47. The van der Waals surface area contributed by atoms with E-state index in [-0.39, 0.29) is 16.9 Å². The number of aliphatic hydroxyl groups excluding tert-OH is 1. The number of aliphatic hydroxyl groups is 1. The second-order valence-corrected chi connectivity index (χ2v) is 10.0. The SMILES string of the molecule is COc1ccc(Cl)cc1/C(O)=C1\C(=O)C(=O)N(c2ccc(C(C)C)cc2)C1c1ccc(C(C)C)cc1. The molecule has 1 heterocycles. The van der Waals surface area contributed by atoms with Crippen molar-refractivity contribution in [3.8, 4) is 5.75 Å². The number of carbonyl (C=O) groups is 2. The zero-order chi connectivity index (χ0) is 26.1.